The number of aliphatic hydroxyl groups is 1. The number of rotatable bonds is 26. The smallest absolute Gasteiger partial charge is 0.390 e. The van der Waals surface area contributed by atoms with Crippen molar-refractivity contribution in [3.05, 3.63) is 59.7 Å². The maximum atomic E-state index is 12.6. The Balaban J connectivity index is 0.000000904. The Bertz CT molecular complexity index is 1590. The van der Waals surface area contributed by atoms with E-state index in [1.807, 2.05) is 78.2 Å². The summed E-state index contributed by atoms with van der Waals surface area (Å²) in [6.07, 6.45) is 6.15. The van der Waals surface area contributed by atoms with Gasteiger partial charge in [0.15, 0.2) is 0 Å². The lowest BCUT2D eigenvalue weighted by molar-refractivity contribution is -0.163. The van der Waals surface area contributed by atoms with Crippen LogP contribution in [0.4, 0.5) is 13.2 Å². The topological polar surface area (TPSA) is 154 Å². The van der Waals surface area contributed by atoms with Gasteiger partial charge >= 0.3 is 6.18 Å². The van der Waals surface area contributed by atoms with E-state index in [0.717, 1.165) is 98.3 Å². The number of halogens is 3. The summed E-state index contributed by atoms with van der Waals surface area (Å²) in [6.45, 7) is 18.5. The van der Waals surface area contributed by atoms with Gasteiger partial charge < -0.3 is 45.0 Å². The first-order valence-electron chi connectivity index (χ1n) is 22.6. The molecule has 0 fully saturated rings. The van der Waals surface area contributed by atoms with Crippen LogP contribution in [-0.2, 0) is 25.5 Å². The molecule has 0 spiro atoms. The average molecular weight is 913 g/mol. The number of aryl methyl sites for hydroxylation is 1. The van der Waals surface area contributed by atoms with Crippen molar-refractivity contribution in [3.63, 3.8) is 0 Å². The van der Waals surface area contributed by atoms with E-state index in [4.69, 9.17) is 19.9 Å². The zero-order valence-corrected chi connectivity index (χ0v) is 40.1. The lowest BCUT2D eigenvalue weighted by Gasteiger charge is -2.31. The van der Waals surface area contributed by atoms with Gasteiger partial charge in [-0.05, 0) is 90.4 Å². The molecule has 15 heteroatoms. The van der Waals surface area contributed by atoms with Crippen LogP contribution in [0.15, 0.2) is 48.6 Å². The normalized spacial score (nSPS) is 15.1. The Morgan fingerprint density at radius 2 is 1.33 bits per heavy atom. The molecule has 3 atom stereocenters. The van der Waals surface area contributed by atoms with Crippen LogP contribution in [0, 0.1) is 11.8 Å². The van der Waals surface area contributed by atoms with Gasteiger partial charge in [0.05, 0.1) is 51.2 Å². The van der Waals surface area contributed by atoms with Crippen molar-refractivity contribution in [2.45, 2.75) is 110 Å². The number of benzene rings is 2. The largest absolute Gasteiger partial charge is 0.395 e. The molecule has 1 aliphatic carbocycles. The third kappa shape index (κ3) is 24.6. The number of ether oxygens (including phenoxy) is 3. The number of aldehydes is 3. The fourth-order valence-electron chi connectivity index (χ4n) is 6.43. The number of hydrogen-bond acceptors (Lipinski definition) is 11. The molecule has 0 saturated heterocycles. The molecule has 11 nitrogen and oxygen atoms in total. The van der Waals surface area contributed by atoms with Crippen molar-refractivity contribution in [3.8, 4) is 0 Å². The summed E-state index contributed by atoms with van der Waals surface area (Å²) in [5.74, 6) is -0.517. The Kier molecular flexibility index (Phi) is 34.3. The van der Waals surface area contributed by atoms with Gasteiger partial charge in [0.1, 0.15) is 18.9 Å². The predicted molar refractivity (Wildman–Crippen MR) is 255 cm³/mol. The third-order valence-electron chi connectivity index (χ3n) is 9.87. The minimum absolute atomic E-state index is 0.0768. The molecule has 1 heterocycles. The molecule has 360 valence electrons. The van der Waals surface area contributed by atoms with Gasteiger partial charge in [-0.15, -0.1) is 0 Å². The molecule has 0 saturated carbocycles. The summed E-state index contributed by atoms with van der Waals surface area (Å²) in [4.78, 5) is 32.5. The second kappa shape index (κ2) is 36.1. The second-order valence-corrected chi connectivity index (χ2v) is 16.2. The summed E-state index contributed by atoms with van der Waals surface area (Å²) < 4.78 is 55.7. The molecule has 0 bridgehead atoms. The number of nitrogens with zero attached hydrogens (tertiary/aromatic N) is 1. The van der Waals surface area contributed by atoms with Crippen molar-refractivity contribution in [1.82, 2.24) is 15.2 Å². The first kappa shape index (κ1) is 59.9. The van der Waals surface area contributed by atoms with Gasteiger partial charge in [-0.2, -0.15) is 24.9 Å². The fourth-order valence-corrected chi connectivity index (χ4v) is 7.99. The van der Waals surface area contributed by atoms with Crippen molar-refractivity contribution in [2.75, 3.05) is 79.1 Å². The van der Waals surface area contributed by atoms with E-state index in [-0.39, 0.29) is 17.6 Å². The number of unbranched alkanes of at least 4 members (excludes halogenated alkanes) is 2. The van der Waals surface area contributed by atoms with Crippen molar-refractivity contribution >= 4 is 52.4 Å². The number of carbonyl (C=O) groups is 3. The molecular formula is C48H79F3N4O7S. The first-order valence-corrected chi connectivity index (χ1v) is 23.6. The third-order valence-corrected chi connectivity index (χ3v) is 11.3. The van der Waals surface area contributed by atoms with E-state index in [1.165, 1.54) is 6.08 Å². The van der Waals surface area contributed by atoms with Gasteiger partial charge in [-0.1, -0.05) is 70.5 Å². The number of thioether (sulfide) groups is 1. The van der Waals surface area contributed by atoms with E-state index in [1.54, 1.807) is 31.7 Å². The summed E-state index contributed by atoms with van der Waals surface area (Å²) in [5.41, 5.74) is 7.84. The minimum atomic E-state index is -4.14. The fraction of sp³-hybridized carbons (Fsp3) is 0.646. The number of allylic oxidation sites excluding steroid dienone is 1. The molecule has 3 aromatic rings. The Morgan fingerprint density at radius 1 is 0.794 bits per heavy atom. The zero-order valence-electron chi connectivity index (χ0n) is 39.3. The molecule has 0 aliphatic heterocycles. The molecule has 4 rings (SSSR count). The summed E-state index contributed by atoms with van der Waals surface area (Å²) in [6, 6.07) is 11.5. The number of aromatic nitrogens is 1. The average Bonchev–Trinajstić information content (AvgIpc) is 3.59. The van der Waals surface area contributed by atoms with E-state index in [2.05, 4.69) is 15.2 Å². The number of nitrogens with two attached hydrogens (primary N) is 1. The van der Waals surface area contributed by atoms with Crippen LogP contribution in [0.2, 0.25) is 0 Å². The van der Waals surface area contributed by atoms with Crippen LogP contribution in [0.3, 0.4) is 0 Å². The van der Waals surface area contributed by atoms with Crippen LogP contribution >= 0.6 is 11.8 Å². The number of carbonyl (C=O) groups excluding carboxylic acids is 3. The quantitative estimate of drug-likeness (QED) is 0.0347. The number of alkyl halides is 3. The standard InChI is InChI=1S/C18H18N2O2.C17H27F3O2S.C9H22N2O3.2C2H6/c1-19-7-2-8-20-17-9-13(11-21)3-5-15(17)16-6-4-14(12-22)10-18(16)20;1-16(2,22)14(6-4-3-5-11-21)12-23-15-9-7-13(8-10-15)17(18,19)20;1-11-3-5-13-7-9-14-8-6-12-4-2-10;2*1-2/h3-6,9-12,19H,2,7-8H2,1H3;7,9,11,13-15,22H,3-6,8,10,12H2,1-2H3;11H,2-10H2,1H3;2*1-2H3. The number of fused-ring (bicyclic) bond motifs is 3. The van der Waals surface area contributed by atoms with Crippen LogP contribution in [-0.4, -0.2) is 125 Å². The molecule has 2 aromatic carbocycles. The number of likely N-dealkylation sites (N-methyl/N-ethyl adjacent to an activating group) is 1. The van der Waals surface area contributed by atoms with Gasteiger partial charge in [0.2, 0.25) is 0 Å². The predicted octanol–water partition coefficient (Wildman–Crippen LogP) is 9.06. The maximum Gasteiger partial charge on any atom is 0.395 e. The van der Waals surface area contributed by atoms with Crippen LogP contribution in [0.5, 0.6) is 0 Å². The summed E-state index contributed by atoms with van der Waals surface area (Å²) in [5, 5.41) is 18.7. The van der Waals surface area contributed by atoms with Crippen LogP contribution in [0.1, 0.15) is 107 Å². The number of nitrogens with one attached hydrogen (secondary N) is 2. The molecule has 1 aliphatic rings. The second-order valence-electron chi connectivity index (χ2n) is 14.9. The zero-order chi connectivity index (χ0) is 47.5. The van der Waals surface area contributed by atoms with E-state index in [9.17, 15) is 32.7 Å². The SMILES string of the molecule is CC.CC.CC(C)(O)C(CCCCC=O)CSC1C=CC(C(F)(F)F)CC1.CNCCCn1c2cc(C=O)ccc2c2ccc(C=O)cc21.CNCCOCCOCCOCCN. The molecule has 3 unspecified atom stereocenters. The van der Waals surface area contributed by atoms with E-state index in [0.29, 0.717) is 63.5 Å². The first-order chi connectivity index (χ1) is 30.3. The highest BCUT2D eigenvalue weighted by atomic mass is 32.2. The van der Waals surface area contributed by atoms with Crippen LogP contribution in [0.25, 0.3) is 21.8 Å². The van der Waals surface area contributed by atoms with Crippen molar-refractivity contribution in [1.29, 1.82) is 0 Å². The highest BCUT2D eigenvalue weighted by Crippen LogP contribution is 2.38. The van der Waals surface area contributed by atoms with Gasteiger partial charge in [-0.25, -0.2) is 0 Å². The van der Waals surface area contributed by atoms with E-state index < -0.39 is 17.7 Å². The number of hydrogen-bond donors (Lipinski definition) is 4. The molecule has 63 heavy (non-hydrogen) atoms. The van der Waals surface area contributed by atoms with Gasteiger partial charge in [-0.3, -0.25) is 9.59 Å². The summed E-state index contributed by atoms with van der Waals surface area (Å²) >= 11 is 1.63. The van der Waals surface area contributed by atoms with Crippen LogP contribution < -0.4 is 16.4 Å². The molecule has 0 amide bonds. The lowest BCUT2D eigenvalue weighted by atomic mass is 9.88. The Hall–Kier alpha value is -3.15. The highest BCUT2D eigenvalue weighted by Gasteiger charge is 2.39. The summed E-state index contributed by atoms with van der Waals surface area (Å²) in [7, 11) is 3.83. The Morgan fingerprint density at radius 3 is 1.78 bits per heavy atom. The molecular weight excluding hydrogens is 834 g/mol. The van der Waals surface area contributed by atoms with Crippen molar-refractivity contribution < 1.29 is 46.9 Å². The monoisotopic (exact) mass is 913 g/mol. The van der Waals surface area contributed by atoms with Gasteiger partial charge in [0.25, 0.3) is 0 Å². The minimum Gasteiger partial charge on any atom is -0.390 e. The maximum absolute atomic E-state index is 12.6. The molecule has 1 aromatic heterocycles. The molecule has 5 N–H and O–H groups in total. The Labute approximate surface area is 379 Å². The molecule has 0 radical (unpaired) electrons. The highest BCUT2D eigenvalue weighted by molar-refractivity contribution is 8.00. The van der Waals surface area contributed by atoms with Gasteiger partial charge in [0, 0.05) is 64.2 Å². The lowest BCUT2D eigenvalue weighted by Crippen LogP contribution is -2.33. The van der Waals surface area contributed by atoms with E-state index >= 15 is 0 Å². The van der Waals surface area contributed by atoms with Crippen molar-refractivity contribution in [2.24, 2.45) is 17.6 Å².